The molecule has 3 aliphatic heterocycles. The minimum Gasteiger partial charge on any atom is -0.378 e. The fourth-order valence-electron chi connectivity index (χ4n) is 4.51. The summed E-state index contributed by atoms with van der Waals surface area (Å²) in [5.41, 5.74) is 0. The van der Waals surface area contributed by atoms with Gasteiger partial charge in [0.25, 0.3) is 0 Å². The number of amides is 1. The number of morpholine rings is 1. The molecule has 1 unspecified atom stereocenters. The fraction of sp³-hybridized carbons (Fsp3) is 0.762. The molecule has 0 spiro atoms. The molecule has 1 N–H and O–H groups in total. The number of carbonyl (C=O) groups is 1. The Morgan fingerprint density at radius 3 is 2.45 bits per heavy atom. The Morgan fingerprint density at radius 2 is 1.72 bits per heavy atom. The second kappa shape index (κ2) is 10.2. The van der Waals surface area contributed by atoms with Gasteiger partial charge in [0, 0.05) is 32.7 Å². The molecular weight excluding hydrogens is 368 g/mol. The fourth-order valence-corrected chi connectivity index (χ4v) is 4.51. The molecule has 0 aliphatic carbocycles. The van der Waals surface area contributed by atoms with E-state index in [1.807, 2.05) is 12.1 Å². The summed E-state index contributed by atoms with van der Waals surface area (Å²) in [5.74, 6) is 2.00. The Morgan fingerprint density at radius 1 is 1.00 bits per heavy atom. The zero-order valence-corrected chi connectivity index (χ0v) is 17.4. The predicted octanol–water partition coefficient (Wildman–Crippen LogP) is 1.13. The first-order valence-corrected chi connectivity index (χ1v) is 11.2. The van der Waals surface area contributed by atoms with Gasteiger partial charge in [-0.3, -0.25) is 4.79 Å². The minimum atomic E-state index is 0.0382. The number of likely N-dealkylation sites (tertiary alicyclic amines) is 1. The van der Waals surface area contributed by atoms with Crippen LogP contribution in [0.2, 0.25) is 0 Å². The summed E-state index contributed by atoms with van der Waals surface area (Å²) >= 11 is 0. The van der Waals surface area contributed by atoms with E-state index in [0.717, 1.165) is 83.4 Å². The number of nitrogens with one attached hydrogen (secondary N) is 1. The van der Waals surface area contributed by atoms with Crippen molar-refractivity contribution in [2.75, 3.05) is 75.4 Å². The molecule has 8 heteroatoms. The third-order valence-corrected chi connectivity index (χ3v) is 6.24. The van der Waals surface area contributed by atoms with Gasteiger partial charge in [0.2, 0.25) is 5.91 Å². The van der Waals surface area contributed by atoms with Crippen LogP contribution in [0.4, 0.5) is 11.6 Å². The van der Waals surface area contributed by atoms with Crippen molar-refractivity contribution in [3.8, 4) is 0 Å². The van der Waals surface area contributed by atoms with E-state index >= 15 is 0 Å². The topological polar surface area (TPSA) is 73.8 Å². The summed E-state index contributed by atoms with van der Waals surface area (Å²) in [6.45, 7) is 9.17. The van der Waals surface area contributed by atoms with Gasteiger partial charge in [-0.1, -0.05) is 0 Å². The van der Waals surface area contributed by atoms with Gasteiger partial charge in [0.1, 0.15) is 0 Å². The van der Waals surface area contributed by atoms with Gasteiger partial charge >= 0.3 is 0 Å². The highest BCUT2D eigenvalue weighted by molar-refractivity contribution is 5.79. The van der Waals surface area contributed by atoms with E-state index in [0.29, 0.717) is 0 Å². The number of ether oxygens (including phenoxy) is 1. The first-order chi connectivity index (χ1) is 14.3. The lowest BCUT2D eigenvalue weighted by atomic mass is 9.97. The number of nitrogens with zero attached hydrogens (tertiary/aromatic N) is 5. The lowest BCUT2D eigenvalue weighted by Crippen LogP contribution is -2.44. The van der Waals surface area contributed by atoms with Crippen LogP contribution in [0.5, 0.6) is 0 Å². The average molecular weight is 403 g/mol. The summed E-state index contributed by atoms with van der Waals surface area (Å²) in [7, 11) is 0. The van der Waals surface area contributed by atoms with Crippen LogP contribution < -0.4 is 15.1 Å². The van der Waals surface area contributed by atoms with Crippen molar-refractivity contribution in [2.24, 2.45) is 5.92 Å². The zero-order valence-electron chi connectivity index (χ0n) is 17.4. The van der Waals surface area contributed by atoms with Crippen molar-refractivity contribution < 1.29 is 9.53 Å². The van der Waals surface area contributed by atoms with Crippen molar-refractivity contribution in [1.82, 2.24) is 20.4 Å². The van der Waals surface area contributed by atoms with E-state index in [9.17, 15) is 4.79 Å². The third kappa shape index (κ3) is 5.57. The summed E-state index contributed by atoms with van der Waals surface area (Å²) in [5, 5.41) is 12.0. The monoisotopic (exact) mass is 402 g/mol. The first kappa shape index (κ1) is 20.3. The predicted molar refractivity (Wildman–Crippen MR) is 113 cm³/mol. The van der Waals surface area contributed by atoms with E-state index in [1.54, 1.807) is 0 Å². The van der Waals surface area contributed by atoms with Gasteiger partial charge in [0.15, 0.2) is 11.6 Å². The highest BCUT2D eigenvalue weighted by atomic mass is 16.5. The molecule has 0 bridgehead atoms. The van der Waals surface area contributed by atoms with Crippen molar-refractivity contribution in [3.05, 3.63) is 12.1 Å². The van der Waals surface area contributed by atoms with Gasteiger partial charge < -0.3 is 24.8 Å². The molecule has 0 aromatic carbocycles. The van der Waals surface area contributed by atoms with E-state index in [2.05, 4.69) is 30.2 Å². The molecule has 1 aromatic rings. The van der Waals surface area contributed by atoms with Crippen molar-refractivity contribution in [1.29, 1.82) is 0 Å². The summed E-state index contributed by atoms with van der Waals surface area (Å²) in [6.07, 6.45) is 5.64. The summed E-state index contributed by atoms with van der Waals surface area (Å²) in [6, 6.07) is 4.07. The lowest BCUT2D eigenvalue weighted by molar-refractivity contribution is -0.125. The highest BCUT2D eigenvalue weighted by Gasteiger charge is 2.26. The Hall–Kier alpha value is -1.93. The first-order valence-electron chi connectivity index (χ1n) is 11.2. The van der Waals surface area contributed by atoms with Crippen molar-refractivity contribution in [2.45, 2.75) is 32.1 Å². The van der Waals surface area contributed by atoms with E-state index < -0.39 is 0 Å². The number of carbonyl (C=O) groups excluding carboxylic acids is 1. The molecule has 1 amide bonds. The van der Waals surface area contributed by atoms with Crippen LogP contribution in [0.25, 0.3) is 0 Å². The van der Waals surface area contributed by atoms with Crippen LogP contribution in [0.1, 0.15) is 32.1 Å². The van der Waals surface area contributed by atoms with Crippen LogP contribution in [0, 0.1) is 5.92 Å². The molecule has 0 saturated carbocycles. The maximum Gasteiger partial charge on any atom is 0.224 e. The van der Waals surface area contributed by atoms with Gasteiger partial charge in [-0.2, -0.15) is 0 Å². The van der Waals surface area contributed by atoms with Gasteiger partial charge in [0.05, 0.1) is 19.1 Å². The van der Waals surface area contributed by atoms with E-state index in [-0.39, 0.29) is 11.8 Å². The molecule has 3 saturated heterocycles. The largest absolute Gasteiger partial charge is 0.378 e. The smallest absolute Gasteiger partial charge is 0.224 e. The molecule has 1 atom stereocenters. The molecule has 29 heavy (non-hydrogen) atoms. The second-order valence-corrected chi connectivity index (χ2v) is 8.33. The van der Waals surface area contributed by atoms with Crippen LogP contribution in [0.15, 0.2) is 12.1 Å². The molecule has 4 rings (SSSR count). The van der Waals surface area contributed by atoms with Gasteiger partial charge in [-0.15, -0.1) is 10.2 Å². The molecule has 3 fully saturated rings. The number of anilines is 2. The Balaban J connectivity index is 1.23. The molecular formula is C21H34N6O2. The highest BCUT2D eigenvalue weighted by Crippen LogP contribution is 2.23. The summed E-state index contributed by atoms with van der Waals surface area (Å²) in [4.78, 5) is 19.5. The van der Waals surface area contributed by atoms with E-state index in [4.69, 9.17) is 4.74 Å². The molecule has 0 radical (unpaired) electrons. The molecule has 4 heterocycles. The average Bonchev–Trinajstić information content (AvgIpc) is 3.31. The maximum atomic E-state index is 12.6. The molecule has 8 nitrogen and oxygen atoms in total. The normalized spacial score (nSPS) is 23.4. The van der Waals surface area contributed by atoms with Crippen LogP contribution in [-0.4, -0.2) is 86.6 Å². The number of aromatic nitrogens is 2. The minimum absolute atomic E-state index is 0.0382. The quantitative estimate of drug-likeness (QED) is 0.686. The van der Waals surface area contributed by atoms with Crippen LogP contribution in [0.3, 0.4) is 0 Å². The van der Waals surface area contributed by atoms with Crippen molar-refractivity contribution >= 4 is 17.5 Å². The van der Waals surface area contributed by atoms with Crippen molar-refractivity contribution in [3.63, 3.8) is 0 Å². The maximum absolute atomic E-state index is 12.6. The van der Waals surface area contributed by atoms with Crippen LogP contribution >= 0.6 is 0 Å². The SMILES string of the molecule is O=C(NCCCN1CCCC1)C1CCCN(c2ccc(N3CCOCC3)nn2)C1. The third-order valence-electron chi connectivity index (χ3n) is 6.24. The lowest BCUT2D eigenvalue weighted by Gasteiger charge is -2.33. The van der Waals surface area contributed by atoms with E-state index in [1.165, 1.54) is 25.9 Å². The molecule has 1 aromatic heterocycles. The molecule has 160 valence electrons. The number of rotatable bonds is 7. The number of hydrogen-bond acceptors (Lipinski definition) is 7. The number of hydrogen-bond donors (Lipinski definition) is 1. The molecule has 3 aliphatic rings. The zero-order chi connectivity index (χ0) is 19.9. The Labute approximate surface area is 173 Å². The Kier molecular flexibility index (Phi) is 7.16. The van der Waals surface area contributed by atoms with Gasteiger partial charge in [-0.25, -0.2) is 0 Å². The second-order valence-electron chi connectivity index (χ2n) is 8.33. The van der Waals surface area contributed by atoms with Gasteiger partial charge in [-0.05, 0) is 63.9 Å². The standard InChI is InChI=1S/C21H34N6O2/c28-21(22-8-4-11-25-9-1-2-10-25)18-5-3-12-27(17-18)20-7-6-19(23-24-20)26-13-15-29-16-14-26/h6-7,18H,1-5,8-17H2,(H,22,28). The number of piperidine rings is 1. The van der Waals surface area contributed by atoms with Crippen LogP contribution in [-0.2, 0) is 9.53 Å². The summed E-state index contributed by atoms with van der Waals surface area (Å²) < 4.78 is 5.40. The Bertz CT molecular complexity index is 643.